The maximum Gasteiger partial charge on any atom is 0.258 e. The molecule has 0 atom stereocenters. The molecule has 3 rings (SSSR count). The molecule has 20 heavy (non-hydrogen) atoms. The molecule has 4 nitrogen and oxygen atoms in total. The molecule has 0 radical (unpaired) electrons. The van der Waals surface area contributed by atoms with Gasteiger partial charge < -0.3 is 10.3 Å². The van der Waals surface area contributed by atoms with Crippen LogP contribution in [0.1, 0.15) is 0 Å². The van der Waals surface area contributed by atoms with Crippen LogP contribution in [0.4, 0.5) is 5.69 Å². The van der Waals surface area contributed by atoms with Crippen LogP contribution in [-0.4, -0.2) is 10.1 Å². The SMILES string of the molecule is Nc1ccc(-c2nc(-c3ccc(Cl)cc3Cl)no2)cc1. The standard InChI is InChI=1S/C14H9Cl2N3O/c15-9-3-6-11(12(16)7-9)13-18-14(20-19-13)8-1-4-10(17)5-2-8/h1-7H,17H2. The van der Waals surface area contributed by atoms with Crippen molar-refractivity contribution in [1.29, 1.82) is 0 Å². The predicted molar refractivity (Wildman–Crippen MR) is 79.6 cm³/mol. The molecule has 1 heterocycles. The van der Waals surface area contributed by atoms with Crippen LogP contribution >= 0.6 is 23.2 Å². The lowest BCUT2D eigenvalue weighted by atomic mass is 10.2. The Kier molecular flexibility index (Phi) is 3.34. The number of aromatic nitrogens is 2. The summed E-state index contributed by atoms with van der Waals surface area (Å²) >= 11 is 12.0. The molecular weight excluding hydrogens is 297 g/mol. The van der Waals surface area contributed by atoms with Gasteiger partial charge in [0.2, 0.25) is 5.82 Å². The normalized spacial score (nSPS) is 10.7. The summed E-state index contributed by atoms with van der Waals surface area (Å²) in [6, 6.07) is 12.3. The Morgan fingerprint density at radius 2 is 1.75 bits per heavy atom. The zero-order chi connectivity index (χ0) is 14.1. The van der Waals surface area contributed by atoms with E-state index in [1.807, 2.05) is 12.1 Å². The van der Waals surface area contributed by atoms with Crippen molar-refractivity contribution in [3.63, 3.8) is 0 Å². The van der Waals surface area contributed by atoms with Crippen molar-refractivity contribution < 1.29 is 4.52 Å². The smallest absolute Gasteiger partial charge is 0.258 e. The molecule has 0 bridgehead atoms. The van der Waals surface area contributed by atoms with Gasteiger partial charge in [-0.15, -0.1) is 0 Å². The molecule has 1 aromatic heterocycles. The van der Waals surface area contributed by atoms with Gasteiger partial charge in [-0.2, -0.15) is 4.98 Å². The molecule has 0 amide bonds. The van der Waals surface area contributed by atoms with Crippen LogP contribution in [0, 0.1) is 0 Å². The quantitative estimate of drug-likeness (QED) is 0.717. The number of hydrogen-bond donors (Lipinski definition) is 1. The molecule has 0 fully saturated rings. The second kappa shape index (κ2) is 5.15. The van der Waals surface area contributed by atoms with Crippen LogP contribution in [0.3, 0.4) is 0 Å². The van der Waals surface area contributed by atoms with E-state index in [2.05, 4.69) is 10.1 Å². The Bertz CT molecular complexity index is 753. The number of benzene rings is 2. The first kappa shape index (κ1) is 13.0. The summed E-state index contributed by atoms with van der Waals surface area (Å²) in [7, 11) is 0. The maximum absolute atomic E-state index is 6.12. The molecule has 0 saturated heterocycles. The summed E-state index contributed by atoms with van der Waals surface area (Å²) in [5, 5.41) is 4.96. The molecule has 0 aliphatic heterocycles. The second-order valence-corrected chi connectivity index (χ2v) is 5.01. The third kappa shape index (κ3) is 2.48. The molecule has 0 saturated carbocycles. The van der Waals surface area contributed by atoms with Gasteiger partial charge in [-0.25, -0.2) is 0 Å². The van der Waals surface area contributed by atoms with Gasteiger partial charge in [0.1, 0.15) is 0 Å². The van der Waals surface area contributed by atoms with E-state index < -0.39 is 0 Å². The largest absolute Gasteiger partial charge is 0.399 e. The number of nitrogen functional groups attached to an aromatic ring is 1. The minimum Gasteiger partial charge on any atom is -0.399 e. The van der Waals surface area contributed by atoms with Crippen molar-refractivity contribution in [2.24, 2.45) is 0 Å². The Balaban J connectivity index is 1.99. The van der Waals surface area contributed by atoms with Crippen molar-refractivity contribution in [1.82, 2.24) is 10.1 Å². The minimum atomic E-state index is 0.408. The fraction of sp³-hybridized carbons (Fsp3) is 0. The van der Waals surface area contributed by atoms with Gasteiger partial charge in [0.15, 0.2) is 0 Å². The van der Waals surface area contributed by atoms with E-state index in [9.17, 15) is 0 Å². The van der Waals surface area contributed by atoms with Crippen molar-refractivity contribution >= 4 is 28.9 Å². The van der Waals surface area contributed by atoms with Gasteiger partial charge in [0.25, 0.3) is 5.89 Å². The first-order chi connectivity index (χ1) is 9.63. The number of nitrogens with two attached hydrogens (primary N) is 1. The molecule has 6 heteroatoms. The van der Waals surface area contributed by atoms with Gasteiger partial charge >= 0.3 is 0 Å². The molecule has 0 spiro atoms. The van der Waals surface area contributed by atoms with E-state index in [0.717, 1.165) is 5.56 Å². The van der Waals surface area contributed by atoms with E-state index in [4.69, 9.17) is 33.5 Å². The highest BCUT2D eigenvalue weighted by atomic mass is 35.5. The molecule has 0 aliphatic rings. The fourth-order valence-electron chi connectivity index (χ4n) is 1.75. The molecule has 2 aromatic carbocycles. The Morgan fingerprint density at radius 3 is 2.45 bits per heavy atom. The average molecular weight is 306 g/mol. The monoisotopic (exact) mass is 305 g/mol. The minimum absolute atomic E-state index is 0.408. The van der Waals surface area contributed by atoms with Crippen LogP contribution in [0.5, 0.6) is 0 Å². The first-order valence-electron chi connectivity index (χ1n) is 5.78. The molecule has 3 aromatic rings. The Hall–Kier alpha value is -2.04. The molecular formula is C14H9Cl2N3O. The van der Waals surface area contributed by atoms with Crippen LogP contribution in [0.15, 0.2) is 47.0 Å². The fourth-order valence-corrected chi connectivity index (χ4v) is 2.24. The molecule has 0 unspecified atom stereocenters. The number of hydrogen-bond acceptors (Lipinski definition) is 4. The van der Waals surface area contributed by atoms with Gasteiger partial charge in [-0.3, -0.25) is 0 Å². The van der Waals surface area contributed by atoms with Gasteiger partial charge in [0.05, 0.1) is 5.02 Å². The zero-order valence-electron chi connectivity index (χ0n) is 10.2. The van der Waals surface area contributed by atoms with Crippen molar-refractivity contribution in [3.05, 3.63) is 52.5 Å². The molecule has 2 N–H and O–H groups in total. The highest BCUT2D eigenvalue weighted by Gasteiger charge is 2.13. The van der Waals surface area contributed by atoms with E-state index in [0.29, 0.717) is 33.0 Å². The van der Waals surface area contributed by atoms with Gasteiger partial charge in [0, 0.05) is 21.8 Å². The molecule has 100 valence electrons. The summed E-state index contributed by atoms with van der Waals surface area (Å²) in [5.74, 6) is 0.824. The summed E-state index contributed by atoms with van der Waals surface area (Å²) in [4.78, 5) is 4.32. The van der Waals surface area contributed by atoms with E-state index in [1.165, 1.54) is 0 Å². The summed E-state index contributed by atoms with van der Waals surface area (Å²) < 4.78 is 5.24. The lowest BCUT2D eigenvalue weighted by molar-refractivity contribution is 0.432. The lowest BCUT2D eigenvalue weighted by Crippen LogP contribution is -1.85. The summed E-state index contributed by atoms with van der Waals surface area (Å²) in [6.45, 7) is 0. The van der Waals surface area contributed by atoms with Gasteiger partial charge in [-0.1, -0.05) is 28.4 Å². The Labute approximate surface area is 125 Å². The summed E-state index contributed by atoms with van der Waals surface area (Å²) in [5.41, 5.74) is 7.78. The number of nitrogens with zero attached hydrogens (tertiary/aromatic N) is 2. The van der Waals surface area contributed by atoms with Crippen LogP contribution in [0.2, 0.25) is 10.0 Å². The lowest BCUT2D eigenvalue weighted by Gasteiger charge is -1.98. The highest BCUT2D eigenvalue weighted by molar-refractivity contribution is 6.36. The third-order valence-corrected chi connectivity index (χ3v) is 3.30. The van der Waals surface area contributed by atoms with Crippen molar-refractivity contribution in [3.8, 4) is 22.8 Å². The topological polar surface area (TPSA) is 64.9 Å². The van der Waals surface area contributed by atoms with Gasteiger partial charge in [-0.05, 0) is 42.5 Å². The third-order valence-electron chi connectivity index (χ3n) is 2.76. The number of halogens is 2. The van der Waals surface area contributed by atoms with E-state index in [1.54, 1.807) is 30.3 Å². The Morgan fingerprint density at radius 1 is 1.00 bits per heavy atom. The van der Waals surface area contributed by atoms with Crippen LogP contribution in [0.25, 0.3) is 22.8 Å². The second-order valence-electron chi connectivity index (χ2n) is 4.17. The van der Waals surface area contributed by atoms with E-state index >= 15 is 0 Å². The van der Waals surface area contributed by atoms with E-state index in [-0.39, 0.29) is 0 Å². The highest BCUT2D eigenvalue weighted by Crippen LogP contribution is 2.30. The van der Waals surface area contributed by atoms with Crippen LogP contribution < -0.4 is 5.73 Å². The van der Waals surface area contributed by atoms with Crippen molar-refractivity contribution in [2.75, 3.05) is 5.73 Å². The predicted octanol–water partition coefficient (Wildman–Crippen LogP) is 4.29. The average Bonchev–Trinajstić information content (AvgIpc) is 2.89. The van der Waals surface area contributed by atoms with Crippen molar-refractivity contribution in [2.45, 2.75) is 0 Å². The maximum atomic E-state index is 6.12. The zero-order valence-corrected chi connectivity index (χ0v) is 11.7. The summed E-state index contributed by atoms with van der Waals surface area (Å²) in [6.07, 6.45) is 0. The molecule has 0 aliphatic carbocycles. The van der Waals surface area contributed by atoms with Crippen LogP contribution in [-0.2, 0) is 0 Å². The number of anilines is 1. The number of rotatable bonds is 2. The first-order valence-corrected chi connectivity index (χ1v) is 6.54.